The van der Waals surface area contributed by atoms with Crippen molar-refractivity contribution >= 4 is 27.5 Å². The second-order valence-corrected chi connectivity index (χ2v) is 4.84. The highest BCUT2D eigenvalue weighted by Gasteiger charge is 2.16. The Hall–Kier alpha value is -1.49. The molecule has 1 heterocycles. The zero-order valence-electron chi connectivity index (χ0n) is 8.82. The number of hydrogen-bond acceptors (Lipinski definition) is 3. The molecule has 0 saturated carbocycles. The predicted molar refractivity (Wildman–Crippen MR) is 60.6 cm³/mol. The monoisotopic (exact) mass is 239 g/mol. The van der Waals surface area contributed by atoms with Crippen LogP contribution in [0.1, 0.15) is 35.1 Å². The highest BCUT2D eigenvalue weighted by molar-refractivity contribution is 7.19. The first kappa shape index (κ1) is 11.0. The van der Waals surface area contributed by atoms with Gasteiger partial charge in [0, 0.05) is 12.0 Å². The van der Waals surface area contributed by atoms with E-state index in [1.54, 1.807) is 0 Å². The maximum Gasteiger partial charge on any atom is 0.337 e. The van der Waals surface area contributed by atoms with Crippen molar-refractivity contribution in [2.45, 2.75) is 19.8 Å². The van der Waals surface area contributed by atoms with Crippen molar-refractivity contribution in [3.8, 4) is 0 Å². The summed E-state index contributed by atoms with van der Waals surface area (Å²) in [7, 11) is 0. The molecule has 16 heavy (non-hydrogen) atoms. The van der Waals surface area contributed by atoms with Gasteiger partial charge in [0.2, 0.25) is 0 Å². The van der Waals surface area contributed by atoms with Gasteiger partial charge >= 0.3 is 5.97 Å². The first-order chi connectivity index (χ1) is 7.49. The third-order valence-electron chi connectivity index (χ3n) is 2.20. The van der Waals surface area contributed by atoms with Crippen molar-refractivity contribution in [1.82, 2.24) is 4.98 Å². The molecule has 0 bridgehead atoms. The van der Waals surface area contributed by atoms with Crippen LogP contribution in [0.3, 0.4) is 0 Å². The molecule has 1 aromatic carbocycles. The first-order valence-electron chi connectivity index (χ1n) is 4.82. The zero-order chi connectivity index (χ0) is 11.9. The number of rotatable bonds is 2. The third kappa shape index (κ3) is 1.78. The van der Waals surface area contributed by atoms with Crippen molar-refractivity contribution < 1.29 is 14.3 Å². The second kappa shape index (κ2) is 3.83. The molecular weight excluding hydrogens is 229 g/mol. The number of aromatic carboxylic acids is 1. The van der Waals surface area contributed by atoms with Gasteiger partial charge in [-0.1, -0.05) is 13.8 Å². The predicted octanol–water partition coefficient (Wildman–Crippen LogP) is 3.26. The van der Waals surface area contributed by atoms with E-state index in [-0.39, 0.29) is 11.5 Å². The van der Waals surface area contributed by atoms with Crippen molar-refractivity contribution in [2.24, 2.45) is 0 Å². The minimum Gasteiger partial charge on any atom is -0.478 e. The van der Waals surface area contributed by atoms with Gasteiger partial charge in [-0.3, -0.25) is 0 Å². The van der Waals surface area contributed by atoms with Crippen LogP contribution < -0.4 is 0 Å². The van der Waals surface area contributed by atoms with Crippen molar-refractivity contribution in [1.29, 1.82) is 0 Å². The highest BCUT2D eigenvalue weighted by atomic mass is 32.1. The van der Waals surface area contributed by atoms with Crippen LogP contribution in [0.2, 0.25) is 0 Å². The molecule has 84 valence electrons. The zero-order valence-corrected chi connectivity index (χ0v) is 9.64. The number of benzene rings is 1. The fraction of sp³-hybridized carbons (Fsp3) is 0.273. The van der Waals surface area contributed by atoms with Crippen LogP contribution in [-0.4, -0.2) is 16.1 Å². The smallest absolute Gasteiger partial charge is 0.337 e. The van der Waals surface area contributed by atoms with Crippen molar-refractivity contribution in [3.63, 3.8) is 0 Å². The lowest BCUT2D eigenvalue weighted by Crippen LogP contribution is -1.97. The SMILES string of the molecule is CC(C)c1nc2cc(F)cc(C(=O)O)c2s1. The van der Waals surface area contributed by atoms with Crippen molar-refractivity contribution in [2.75, 3.05) is 0 Å². The van der Waals surface area contributed by atoms with Crippen LogP contribution >= 0.6 is 11.3 Å². The second-order valence-electron chi connectivity index (χ2n) is 3.81. The maximum atomic E-state index is 13.2. The van der Waals surface area contributed by atoms with E-state index in [4.69, 9.17) is 5.11 Å². The molecule has 5 heteroatoms. The molecule has 0 aliphatic carbocycles. The molecule has 0 radical (unpaired) electrons. The number of carboxylic acid groups (broad SMARTS) is 1. The summed E-state index contributed by atoms with van der Waals surface area (Å²) in [4.78, 5) is 15.2. The molecule has 0 aliphatic rings. The fourth-order valence-electron chi connectivity index (χ4n) is 1.42. The number of hydrogen-bond donors (Lipinski definition) is 1. The van der Waals surface area contributed by atoms with Gasteiger partial charge in [-0.05, 0) is 6.07 Å². The number of carbonyl (C=O) groups is 1. The molecule has 0 fully saturated rings. The molecule has 0 spiro atoms. The number of aromatic nitrogens is 1. The van der Waals surface area contributed by atoms with Gasteiger partial charge < -0.3 is 5.11 Å². The standard InChI is InChI=1S/C11H10FNO2S/c1-5(2)10-13-8-4-6(12)3-7(11(14)15)9(8)16-10/h3-5H,1-2H3,(H,14,15). The third-order valence-corrected chi connectivity index (χ3v) is 3.60. The van der Waals surface area contributed by atoms with Crippen LogP contribution in [0, 0.1) is 5.82 Å². The van der Waals surface area contributed by atoms with Gasteiger partial charge in [-0.15, -0.1) is 11.3 Å². The Morgan fingerprint density at radius 2 is 2.19 bits per heavy atom. The van der Waals surface area contributed by atoms with E-state index in [2.05, 4.69) is 4.98 Å². The summed E-state index contributed by atoms with van der Waals surface area (Å²) in [6, 6.07) is 2.30. The maximum absolute atomic E-state index is 13.2. The van der Waals surface area contributed by atoms with E-state index in [1.807, 2.05) is 13.8 Å². The Morgan fingerprint density at radius 1 is 1.50 bits per heavy atom. The number of fused-ring (bicyclic) bond motifs is 1. The summed E-state index contributed by atoms with van der Waals surface area (Å²) in [5, 5.41) is 9.79. The summed E-state index contributed by atoms with van der Waals surface area (Å²) in [6.07, 6.45) is 0. The Labute approximate surface area is 95.6 Å². The lowest BCUT2D eigenvalue weighted by molar-refractivity contribution is 0.0698. The van der Waals surface area contributed by atoms with Gasteiger partial charge in [-0.25, -0.2) is 14.2 Å². The van der Waals surface area contributed by atoms with Crippen LogP contribution in [0.25, 0.3) is 10.2 Å². The average Bonchev–Trinajstić information content (AvgIpc) is 2.59. The number of halogens is 1. The van der Waals surface area contributed by atoms with Crippen LogP contribution in [0.5, 0.6) is 0 Å². The Balaban J connectivity index is 2.75. The van der Waals surface area contributed by atoms with Gasteiger partial charge in [0.25, 0.3) is 0 Å². The van der Waals surface area contributed by atoms with E-state index in [0.29, 0.717) is 10.2 Å². The molecule has 2 aromatic rings. The lowest BCUT2D eigenvalue weighted by Gasteiger charge is -1.95. The van der Waals surface area contributed by atoms with E-state index >= 15 is 0 Å². The average molecular weight is 239 g/mol. The summed E-state index contributed by atoms with van der Waals surface area (Å²) in [5.41, 5.74) is 0.408. The van der Waals surface area contributed by atoms with Crippen LogP contribution in [0.15, 0.2) is 12.1 Å². The quantitative estimate of drug-likeness (QED) is 0.875. The molecular formula is C11H10FNO2S. The fourth-order valence-corrected chi connectivity index (χ4v) is 2.48. The summed E-state index contributed by atoms with van der Waals surface area (Å²) < 4.78 is 13.7. The van der Waals surface area contributed by atoms with Crippen LogP contribution in [-0.2, 0) is 0 Å². The van der Waals surface area contributed by atoms with Crippen LogP contribution in [0.4, 0.5) is 4.39 Å². The number of carboxylic acids is 1. The first-order valence-corrected chi connectivity index (χ1v) is 5.64. The Morgan fingerprint density at radius 3 is 2.75 bits per heavy atom. The number of nitrogens with zero attached hydrogens (tertiary/aromatic N) is 1. The van der Waals surface area contributed by atoms with E-state index in [1.165, 1.54) is 17.4 Å². The molecule has 3 nitrogen and oxygen atoms in total. The molecule has 1 N–H and O–H groups in total. The summed E-state index contributed by atoms with van der Waals surface area (Å²) in [6.45, 7) is 3.93. The van der Waals surface area contributed by atoms with E-state index in [9.17, 15) is 9.18 Å². The molecule has 1 aromatic heterocycles. The topological polar surface area (TPSA) is 50.2 Å². The summed E-state index contributed by atoms with van der Waals surface area (Å²) >= 11 is 1.31. The Kier molecular flexibility index (Phi) is 2.63. The molecule has 0 unspecified atom stereocenters. The normalized spacial score (nSPS) is 11.2. The minimum absolute atomic E-state index is 0.0144. The van der Waals surface area contributed by atoms with Gasteiger partial charge in [0.1, 0.15) is 5.82 Å². The largest absolute Gasteiger partial charge is 0.478 e. The Bertz CT molecular complexity index is 562. The highest BCUT2D eigenvalue weighted by Crippen LogP contribution is 2.30. The molecule has 0 atom stereocenters. The van der Waals surface area contributed by atoms with Gasteiger partial charge in [0.05, 0.1) is 20.8 Å². The minimum atomic E-state index is -1.12. The molecule has 2 rings (SSSR count). The number of thiazole rings is 1. The van der Waals surface area contributed by atoms with Crippen molar-refractivity contribution in [3.05, 3.63) is 28.5 Å². The summed E-state index contributed by atoms with van der Waals surface area (Å²) in [5.74, 6) is -1.48. The van der Waals surface area contributed by atoms with Gasteiger partial charge in [0.15, 0.2) is 0 Å². The van der Waals surface area contributed by atoms with Gasteiger partial charge in [-0.2, -0.15) is 0 Å². The van der Waals surface area contributed by atoms with E-state index < -0.39 is 11.8 Å². The molecule has 0 aliphatic heterocycles. The molecule has 0 amide bonds. The van der Waals surface area contributed by atoms with E-state index in [0.717, 1.165) is 11.1 Å². The lowest BCUT2D eigenvalue weighted by atomic mass is 10.2. The molecule has 0 saturated heterocycles.